The maximum Gasteiger partial charge on any atom is 0.509 e. The quantitative estimate of drug-likeness (QED) is 0.576. The summed E-state index contributed by atoms with van der Waals surface area (Å²) in [6.45, 7) is 14.8. The summed E-state index contributed by atoms with van der Waals surface area (Å²) < 4.78 is 16.7. The molecule has 4 nitrogen and oxygen atoms in total. The highest BCUT2D eigenvalue weighted by molar-refractivity contribution is 6.74. The lowest BCUT2D eigenvalue weighted by Crippen LogP contribution is -2.43. The molecular weight excluding hydrogens is 296 g/mol. The van der Waals surface area contributed by atoms with Crippen LogP contribution in [-0.4, -0.2) is 20.1 Å². The molecule has 0 aliphatic carbocycles. The minimum atomic E-state index is -1.84. The molecule has 2 rings (SSSR count). The van der Waals surface area contributed by atoms with Gasteiger partial charge in [-0.3, -0.25) is 0 Å². The first-order valence-electron chi connectivity index (χ1n) is 7.61. The van der Waals surface area contributed by atoms with Gasteiger partial charge in [-0.2, -0.15) is 0 Å². The smallest absolute Gasteiger partial charge is 0.509 e. The van der Waals surface area contributed by atoms with Crippen molar-refractivity contribution >= 4 is 14.5 Å². The monoisotopic (exact) mass is 322 g/mol. The molecule has 0 amide bonds. The van der Waals surface area contributed by atoms with Crippen LogP contribution in [-0.2, 0) is 9.47 Å². The second kappa shape index (κ2) is 5.30. The highest BCUT2D eigenvalue weighted by Crippen LogP contribution is 2.40. The SMILES string of the molecule is CC1(C)OC(=O)O[C@@H]1c1ccc(O[Si](C)(C)C(C)(C)C)cc1. The third-order valence-electron chi connectivity index (χ3n) is 4.55. The van der Waals surface area contributed by atoms with Crippen LogP contribution in [0.3, 0.4) is 0 Å². The largest absolute Gasteiger partial charge is 0.544 e. The van der Waals surface area contributed by atoms with E-state index in [0.717, 1.165) is 11.3 Å². The fourth-order valence-corrected chi connectivity index (χ4v) is 3.19. The molecule has 0 unspecified atom stereocenters. The molecule has 1 fully saturated rings. The van der Waals surface area contributed by atoms with Gasteiger partial charge in [0.25, 0.3) is 0 Å². The minimum absolute atomic E-state index is 0.155. The van der Waals surface area contributed by atoms with E-state index in [4.69, 9.17) is 13.9 Å². The molecule has 1 aliphatic rings. The second-order valence-corrected chi connectivity index (χ2v) is 12.6. The van der Waals surface area contributed by atoms with Crippen LogP contribution in [0.15, 0.2) is 24.3 Å². The lowest BCUT2D eigenvalue weighted by Gasteiger charge is -2.36. The predicted molar refractivity (Wildman–Crippen MR) is 88.7 cm³/mol. The Hall–Kier alpha value is -1.49. The number of carbonyl (C=O) groups excluding carboxylic acids is 1. The van der Waals surface area contributed by atoms with Crippen molar-refractivity contribution in [3.05, 3.63) is 29.8 Å². The summed E-state index contributed by atoms with van der Waals surface area (Å²) in [5.41, 5.74) is 0.261. The van der Waals surface area contributed by atoms with Gasteiger partial charge in [0.15, 0.2) is 11.7 Å². The summed E-state index contributed by atoms with van der Waals surface area (Å²) in [4.78, 5) is 11.3. The first-order valence-corrected chi connectivity index (χ1v) is 10.5. The van der Waals surface area contributed by atoms with E-state index >= 15 is 0 Å². The van der Waals surface area contributed by atoms with Crippen molar-refractivity contribution in [3.8, 4) is 5.75 Å². The van der Waals surface area contributed by atoms with E-state index in [1.807, 2.05) is 38.1 Å². The number of benzene rings is 1. The maximum atomic E-state index is 11.3. The summed E-state index contributed by atoms with van der Waals surface area (Å²) in [6, 6.07) is 7.77. The van der Waals surface area contributed by atoms with Gasteiger partial charge in [0.1, 0.15) is 5.75 Å². The predicted octanol–water partition coefficient (Wildman–Crippen LogP) is 5.06. The van der Waals surface area contributed by atoms with E-state index in [0.29, 0.717) is 0 Å². The van der Waals surface area contributed by atoms with Crippen LogP contribution in [0, 0.1) is 0 Å². The normalized spacial score (nSPS) is 21.2. The molecular formula is C17H26O4Si. The van der Waals surface area contributed by atoms with E-state index < -0.39 is 20.1 Å². The van der Waals surface area contributed by atoms with Crippen molar-refractivity contribution < 1.29 is 18.7 Å². The Morgan fingerprint density at radius 3 is 2.09 bits per heavy atom. The highest BCUT2D eigenvalue weighted by atomic mass is 28.4. The molecule has 0 radical (unpaired) electrons. The maximum absolute atomic E-state index is 11.3. The van der Waals surface area contributed by atoms with Crippen molar-refractivity contribution in [2.45, 2.75) is 64.5 Å². The molecule has 0 spiro atoms. The molecule has 22 heavy (non-hydrogen) atoms. The zero-order valence-electron chi connectivity index (χ0n) is 14.5. The Bertz CT molecular complexity index is 555. The van der Waals surface area contributed by atoms with Crippen molar-refractivity contribution in [1.82, 2.24) is 0 Å². The third kappa shape index (κ3) is 3.29. The third-order valence-corrected chi connectivity index (χ3v) is 8.91. The fourth-order valence-electron chi connectivity index (χ4n) is 2.16. The Balaban J connectivity index is 2.16. The molecule has 0 N–H and O–H groups in total. The zero-order valence-corrected chi connectivity index (χ0v) is 15.5. The number of carbonyl (C=O) groups is 1. The summed E-state index contributed by atoms with van der Waals surface area (Å²) >= 11 is 0. The van der Waals surface area contributed by atoms with Gasteiger partial charge in [-0.05, 0) is 49.7 Å². The number of rotatable bonds is 3. The zero-order chi connectivity index (χ0) is 16.8. The van der Waals surface area contributed by atoms with Gasteiger partial charge < -0.3 is 13.9 Å². The van der Waals surface area contributed by atoms with Crippen molar-refractivity contribution in [3.63, 3.8) is 0 Å². The molecule has 1 aliphatic heterocycles. The number of hydrogen-bond acceptors (Lipinski definition) is 4. The average Bonchev–Trinajstić information content (AvgIpc) is 2.61. The number of hydrogen-bond donors (Lipinski definition) is 0. The molecule has 1 atom stereocenters. The molecule has 0 saturated carbocycles. The van der Waals surface area contributed by atoms with Crippen LogP contribution >= 0.6 is 0 Å². The molecule has 1 heterocycles. The summed E-state index contributed by atoms with van der Waals surface area (Å²) in [7, 11) is -1.84. The van der Waals surface area contributed by atoms with Crippen LogP contribution in [0.5, 0.6) is 5.75 Å². The average molecular weight is 322 g/mol. The van der Waals surface area contributed by atoms with E-state index in [2.05, 4.69) is 33.9 Å². The summed E-state index contributed by atoms with van der Waals surface area (Å²) in [5.74, 6) is 0.860. The first-order chi connectivity index (χ1) is 9.92. The van der Waals surface area contributed by atoms with Crippen LogP contribution in [0.2, 0.25) is 18.1 Å². The molecule has 1 aromatic rings. The van der Waals surface area contributed by atoms with Crippen LogP contribution in [0.1, 0.15) is 46.3 Å². The second-order valence-electron chi connectivity index (χ2n) is 7.88. The summed E-state index contributed by atoms with van der Waals surface area (Å²) in [5, 5.41) is 0.155. The Morgan fingerprint density at radius 1 is 1.14 bits per heavy atom. The van der Waals surface area contributed by atoms with Gasteiger partial charge >= 0.3 is 6.16 Å². The topological polar surface area (TPSA) is 44.8 Å². The lowest BCUT2D eigenvalue weighted by atomic mass is 9.95. The fraction of sp³-hybridized carbons (Fsp3) is 0.588. The Labute approximate surface area is 133 Å². The van der Waals surface area contributed by atoms with Gasteiger partial charge in [-0.1, -0.05) is 32.9 Å². The molecule has 0 aromatic heterocycles. The van der Waals surface area contributed by atoms with Crippen LogP contribution < -0.4 is 4.43 Å². The first kappa shape index (κ1) is 16.9. The summed E-state index contributed by atoms with van der Waals surface area (Å²) in [6.07, 6.45) is -1.00. The number of cyclic esters (lactones) is 2. The Kier molecular flexibility index (Phi) is 4.06. The van der Waals surface area contributed by atoms with E-state index in [9.17, 15) is 4.79 Å². The van der Waals surface area contributed by atoms with E-state index in [1.165, 1.54) is 0 Å². The Morgan fingerprint density at radius 2 is 1.68 bits per heavy atom. The van der Waals surface area contributed by atoms with Crippen molar-refractivity contribution in [2.24, 2.45) is 0 Å². The molecule has 1 saturated heterocycles. The number of ether oxygens (including phenoxy) is 2. The minimum Gasteiger partial charge on any atom is -0.544 e. The van der Waals surface area contributed by atoms with Crippen LogP contribution in [0.4, 0.5) is 4.79 Å². The molecule has 1 aromatic carbocycles. The van der Waals surface area contributed by atoms with Gasteiger partial charge in [0.05, 0.1) is 0 Å². The standard InChI is InChI=1S/C17H26O4Si/c1-16(2,3)22(6,7)21-13-10-8-12(9-11-13)14-17(4,5)20-15(18)19-14/h8-11,14H,1-7H3/t14-/m1/s1. The van der Waals surface area contributed by atoms with Crippen LogP contribution in [0.25, 0.3) is 0 Å². The van der Waals surface area contributed by atoms with Gasteiger partial charge in [0.2, 0.25) is 8.32 Å². The van der Waals surface area contributed by atoms with Gasteiger partial charge in [-0.25, -0.2) is 4.79 Å². The highest BCUT2D eigenvalue weighted by Gasteiger charge is 2.45. The molecule has 5 heteroatoms. The molecule has 122 valence electrons. The van der Waals surface area contributed by atoms with Crippen molar-refractivity contribution in [1.29, 1.82) is 0 Å². The lowest BCUT2D eigenvalue weighted by molar-refractivity contribution is 0.0641. The van der Waals surface area contributed by atoms with Gasteiger partial charge in [-0.15, -0.1) is 0 Å². The van der Waals surface area contributed by atoms with Crippen molar-refractivity contribution in [2.75, 3.05) is 0 Å². The van der Waals surface area contributed by atoms with E-state index in [-0.39, 0.29) is 11.1 Å². The van der Waals surface area contributed by atoms with Gasteiger partial charge in [0, 0.05) is 0 Å². The molecule has 0 bridgehead atoms. The van der Waals surface area contributed by atoms with E-state index in [1.54, 1.807) is 0 Å².